The summed E-state index contributed by atoms with van der Waals surface area (Å²) in [6, 6.07) is 11.5. The highest BCUT2D eigenvalue weighted by atomic mass is 16.4. The topological polar surface area (TPSA) is 55.1 Å². The Labute approximate surface area is 106 Å². The van der Waals surface area contributed by atoms with Crippen LogP contribution in [0.4, 0.5) is 0 Å². The van der Waals surface area contributed by atoms with Gasteiger partial charge in [0.15, 0.2) is 0 Å². The fraction of sp³-hybridized carbons (Fsp3) is 0.286. The molecule has 0 amide bonds. The average Bonchev–Trinajstić information content (AvgIpc) is 2.73. The summed E-state index contributed by atoms with van der Waals surface area (Å²) in [5, 5.41) is 13.6. The van der Waals surface area contributed by atoms with Crippen molar-refractivity contribution >= 4 is 5.97 Å². The molecule has 4 heteroatoms. The van der Waals surface area contributed by atoms with Crippen LogP contribution in [0.15, 0.2) is 36.4 Å². The first-order valence-electron chi connectivity index (χ1n) is 5.79. The van der Waals surface area contributed by atoms with Gasteiger partial charge in [-0.2, -0.15) is 5.10 Å². The Kier molecular flexibility index (Phi) is 2.95. The van der Waals surface area contributed by atoms with Crippen molar-refractivity contribution < 1.29 is 9.90 Å². The smallest absolute Gasteiger partial charge is 0.315 e. The van der Waals surface area contributed by atoms with Crippen LogP contribution in [-0.4, -0.2) is 20.9 Å². The van der Waals surface area contributed by atoms with E-state index in [0.717, 1.165) is 11.4 Å². The standard InChI is InChI=1S/C14H16N2O2/c1-10-9-12(14(2,3)13(17)18)15-16(10)11-7-5-4-6-8-11/h4-9H,1-3H3,(H,17,18). The minimum absolute atomic E-state index is 0.566. The van der Waals surface area contributed by atoms with Gasteiger partial charge in [0.1, 0.15) is 5.41 Å². The highest BCUT2D eigenvalue weighted by Gasteiger charge is 2.32. The van der Waals surface area contributed by atoms with Crippen molar-refractivity contribution in [3.05, 3.63) is 47.8 Å². The molecule has 0 spiro atoms. The summed E-state index contributed by atoms with van der Waals surface area (Å²) < 4.78 is 1.76. The summed E-state index contributed by atoms with van der Waals surface area (Å²) in [6.07, 6.45) is 0. The molecule has 0 fully saturated rings. The molecule has 2 rings (SSSR count). The summed E-state index contributed by atoms with van der Waals surface area (Å²) >= 11 is 0. The Morgan fingerprint density at radius 1 is 1.28 bits per heavy atom. The van der Waals surface area contributed by atoms with Gasteiger partial charge in [-0.25, -0.2) is 4.68 Å². The third-order valence-corrected chi connectivity index (χ3v) is 3.06. The van der Waals surface area contributed by atoms with Crippen LogP contribution < -0.4 is 0 Å². The van der Waals surface area contributed by atoms with Gasteiger partial charge in [0.05, 0.1) is 11.4 Å². The number of carboxylic acid groups (broad SMARTS) is 1. The Balaban J connectivity index is 2.49. The van der Waals surface area contributed by atoms with E-state index < -0.39 is 11.4 Å². The van der Waals surface area contributed by atoms with Gasteiger partial charge in [-0.05, 0) is 39.0 Å². The van der Waals surface area contributed by atoms with Crippen LogP contribution in [0.3, 0.4) is 0 Å². The lowest BCUT2D eigenvalue weighted by molar-refractivity contribution is -0.142. The fourth-order valence-electron chi connectivity index (χ4n) is 1.72. The van der Waals surface area contributed by atoms with E-state index >= 15 is 0 Å². The van der Waals surface area contributed by atoms with Gasteiger partial charge in [-0.15, -0.1) is 0 Å². The van der Waals surface area contributed by atoms with E-state index in [1.807, 2.05) is 43.3 Å². The van der Waals surface area contributed by atoms with E-state index in [4.69, 9.17) is 0 Å². The van der Waals surface area contributed by atoms with Crippen molar-refractivity contribution in [2.45, 2.75) is 26.2 Å². The number of rotatable bonds is 3. The summed E-state index contributed by atoms with van der Waals surface area (Å²) in [5.41, 5.74) is 1.44. The van der Waals surface area contributed by atoms with E-state index in [1.165, 1.54) is 0 Å². The molecule has 0 saturated carbocycles. The highest BCUT2D eigenvalue weighted by Crippen LogP contribution is 2.24. The van der Waals surface area contributed by atoms with Crippen molar-refractivity contribution in [1.29, 1.82) is 0 Å². The number of nitrogens with zero attached hydrogens (tertiary/aromatic N) is 2. The lowest BCUT2D eigenvalue weighted by Crippen LogP contribution is -2.29. The van der Waals surface area contributed by atoms with Crippen LogP contribution in [0.2, 0.25) is 0 Å². The molecule has 4 nitrogen and oxygen atoms in total. The number of para-hydroxylation sites is 1. The lowest BCUT2D eigenvalue weighted by atomic mass is 9.89. The van der Waals surface area contributed by atoms with Gasteiger partial charge in [0, 0.05) is 5.69 Å². The molecular weight excluding hydrogens is 228 g/mol. The van der Waals surface area contributed by atoms with Crippen molar-refractivity contribution in [1.82, 2.24) is 9.78 Å². The number of benzene rings is 1. The molecule has 0 bridgehead atoms. The molecule has 0 atom stereocenters. The van der Waals surface area contributed by atoms with Gasteiger partial charge in [0.2, 0.25) is 0 Å². The van der Waals surface area contributed by atoms with Crippen molar-refractivity contribution in [3.63, 3.8) is 0 Å². The lowest BCUT2D eigenvalue weighted by Gasteiger charge is -2.15. The second-order valence-electron chi connectivity index (χ2n) is 4.85. The maximum absolute atomic E-state index is 11.2. The molecule has 0 aliphatic rings. The van der Waals surface area contributed by atoms with Gasteiger partial charge in [-0.1, -0.05) is 18.2 Å². The summed E-state index contributed by atoms with van der Waals surface area (Å²) in [4.78, 5) is 11.2. The first kappa shape index (κ1) is 12.4. The average molecular weight is 244 g/mol. The SMILES string of the molecule is Cc1cc(C(C)(C)C(=O)O)nn1-c1ccccc1. The minimum atomic E-state index is -0.981. The third-order valence-electron chi connectivity index (χ3n) is 3.06. The van der Waals surface area contributed by atoms with E-state index in [0.29, 0.717) is 5.69 Å². The van der Waals surface area contributed by atoms with Crippen LogP contribution in [0.5, 0.6) is 0 Å². The normalized spacial score (nSPS) is 11.5. The number of hydrogen-bond donors (Lipinski definition) is 1. The number of aryl methyl sites for hydroxylation is 1. The highest BCUT2D eigenvalue weighted by molar-refractivity contribution is 5.79. The van der Waals surface area contributed by atoms with Crippen molar-refractivity contribution in [2.24, 2.45) is 0 Å². The fourth-order valence-corrected chi connectivity index (χ4v) is 1.72. The summed E-state index contributed by atoms with van der Waals surface area (Å²) in [7, 11) is 0. The molecule has 1 aromatic heterocycles. The Hall–Kier alpha value is -2.10. The Morgan fingerprint density at radius 3 is 2.44 bits per heavy atom. The number of aromatic nitrogens is 2. The third kappa shape index (κ3) is 2.01. The second kappa shape index (κ2) is 4.29. The number of aliphatic carboxylic acids is 1. The molecule has 0 radical (unpaired) electrons. The molecule has 18 heavy (non-hydrogen) atoms. The molecule has 1 heterocycles. The van der Waals surface area contributed by atoms with E-state index in [2.05, 4.69) is 5.10 Å². The summed E-state index contributed by atoms with van der Waals surface area (Å²) in [6.45, 7) is 5.24. The number of carboxylic acids is 1. The Morgan fingerprint density at radius 2 is 1.89 bits per heavy atom. The molecule has 2 aromatic rings. The zero-order valence-electron chi connectivity index (χ0n) is 10.7. The van der Waals surface area contributed by atoms with Crippen LogP contribution in [0.1, 0.15) is 25.2 Å². The molecule has 0 aliphatic carbocycles. The molecule has 1 N–H and O–H groups in total. The molecular formula is C14H16N2O2. The van der Waals surface area contributed by atoms with Crippen LogP contribution >= 0.6 is 0 Å². The van der Waals surface area contributed by atoms with Crippen LogP contribution in [0, 0.1) is 6.92 Å². The van der Waals surface area contributed by atoms with Gasteiger partial charge in [-0.3, -0.25) is 4.79 Å². The molecule has 0 aliphatic heterocycles. The monoisotopic (exact) mass is 244 g/mol. The predicted molar refractivity (Wildman–Crippen MR) is 69.0 cm³/mol. The summed E-state index contributed by atoms with van der Waals surface area (Å²) in [5.74, 6) is -0.875. The van der Waals surface area contributed by atoms with E-state index in [1.54, 1.807) is 18.5 Å². The number of hydrogen-bond acceptors (Lipinski definition) is 2. The first-order valence-corrected chi connectivity index (χ1v) is 5.79. The molecule has 0 saturated heterocycles. The zero-order chi connectivity index (χ0) is 13.3. The predicted octanol–water partition coefficient (Wildman–Crippen LogP) is 2.54. The van der Waals surface area contributed by atoms with Crippen LogP contribution in [-0.2, 0) is 10.2 Å². The molecule has 94 valence electrons. The van der Waals surface area contributed by atoms with E-state index in [-0.39, 0.29) is 0 Å². The Bertz CT molecular complexity index is 571. The van der Waals surface area contributed by atoms with Crippen molar-refractivity contribution in [2.75, 3.05) is 0 Å². The quantitative estimate of drug-likeness (QED) is 0.902. The zero-order valence-corrected chi connectivity index (χ0v) is 10.7. The second-order valence-corrected chi connectivity index (χ2v) is 4.85. The minimum Gasteiger partial charge on any atom is -0.481 e. The molecule has 0 unspecified atom stereocenters. The van der Waals surface area contributed by atoms with Gasteiger partial charge >= 0.3 is 5.97 Å². The van der Waals surface area contributed by atoms with Gasteiger partial charge < -0.3 is 5.11 Å². The first-order chi connectivity index (χ1) is 8.43. The van der Waals surface area contributed by atoms with Crippen molar-refractivity contribution in [3.8, 4) is 5.69 Å². The van der Waals surface area contributed by atoms with E-state index in [9.17, 15) is 9.90 Å². The largest absolute Gasteiger partial charge is 0.481 e. The maximum atomic E-state index is 11.2. The number of carbonyl (C=O) groups is 1. The van der Waals surface area contributed by atoms with Crippen LogP contribution in [0.25, 0.3) is 5.69 Å². The maximum Gasteiger partial charge on any atom is 0.315 e. The molecule has 1 aromatic carbocycles. The van der Waals surface area contributed by atoms with Gasteiger partial charge in [0.25, 0.3) is 0 Å².